The zero-order valence-corrected chi connectivity index (χ0v) is 19.3. The molecule has 178 valence electrons. The Morgan fingerprint density at radius 3 is 1.77 bits per heavy atom. The van der Waals surface area contributed by atoms with Crippen LogP contribution in [0.25, 0.3) is 0 Å². The van der Waals surface area contributed by atoms with Crippen molar-refractivity contribution in [2.24, 2.45) is 17.6 Å². The van der Waals surface area contributed by atoms with E-state index in [1.165, 1.54) is 11.8 Å². The number of carboxylic acid groups (broad SMARTS) is 2. The second kappa shape index (κ2) is 13.9. The average molecular weight is 463 g/mol. The van der Waals surface area contributed by atoms with E-state index in [2.05, 4.69) is 16.0 Å². The number of amides is 3. The van der Waals surface area contributed by atoms with E-state index in [9.17, 15) is 29.1 Å². The van der Waals surface area contributed by atoms with Crippen LogP contribution in [-0.4, -0.2) is 76.0 Å². The predicted molar refractivity (Wildman–Crippen MR) is 116 cm³/mol. The summed E-state index contributed by atoms with van der Waals surface area (Å²) >= 11 is 1.44. The third-order valence-corrected chi connectivity index (χ3v) is 5.10. The molecule has 0 spiro atoms. The van der Waals surface area contributed by atoms with Gasteiger partial charge in [-0.3, -0.25) is 19.2 Å². The summed E-state index contributed by atoms with van der Waals surface area (Å²) in [4.78, 5) is 59.8. The fraction of sp³-hybridized carbons (Fsp3) is 0.737. The normalized spacial score (nSPS) is 15.0. The Bertz CT molecular complexity index is 657. The quantitative estimate of drug-likeness (QED) is 0.196. The van der Waals surface area contributed by atoms with Gasteiger partial charge in [-0.25, -0.2) is 4.79 Å². The highest BCUT2D eigenvalue weighted by atomic mass is 32.2. The molecule has 0 aromatic heterocycles. The number of carboxylic acids is 2. The van der Waals surface area contributed by atoms with E-state index in [0.717, 1.165) is 0 Å². The van der Waals surface area contributed by atoms with Crippen molar-refractivity contribution in [1.82, 2.24) is 16.0 Å². The second-order valence-electron chi connectivity index (χ2n) is 7.85. The van der Waals surface area contributed by atoms with Crippen molar-refractivity contribution in [2.75, 3.05) is 12.0 Å². The fourth-order valence-corrected chi connectivity index (χ4v) is 3.08. The molecule has 4 unspecified atom stereocenters. The monoisotopic (exact) mass is 462 g/mol. The van der Waals surface area contributed by atoms with Gasteiger partial charge in [0, 0.05) is 0 Å². The van der Waals surface area contributed by atoms with Gasteiger partial charge in [-0.1, -0.05) is 27.7 Å². The molecule has 31 heavy (non-hydrogen) atoms. The third kappa shape index (κ3) is 10.5. The van der Waals surface area contributed by atoms with E-state index in [1.54, 1.807) is 27.7 Å². The number of nitrogens with two attached hydrogens (primary N) is 1. The fourth-order valence-electron chi connectivity index (χ4n) is 2.61. The van der Waals surface area contributed by atoms with Crippen molar-refractivity contribution in [1.29, 1.82) is 0 Å². The molecule has 3 amide bonds. The average Bonchev–Trinajstić information content (AvgIpc) is 2.65. The van der Waals surface area contributed by atoms with E-state index in [1.807, 2.05) is 6.26 Å². The minimum Gasteiger partial charge on any atom is -0.481 e. The smallest absolute Gasteiger partial charge is 0.326 e. The highest BCUT2D eigenvalue weighted by Gasteiger charge is 2.32. The molecule has 0 aromatic rings. The van der Waals surface area contributed by atoms with Crippen LogP contribution in [0.2, 0.25) is 0 Å². The summed E-state index contributed by atoms with van der Waals surface area (Å²) in [5.74, 6) is -4.74. The van der Waals surface area contributed by atoms with Crippen molar-refractivity contribution in [3.05, 3.63) is 0 Å². The van der Waals surface area contributed by atoms with Crippen molar-refractivity contribution in [3.63, 3.8) is 0 Å². The maximum absolute atomic E-state index is 12.8. The molecule has 11 nitrogen and oxygen atoms in total. The first-order chi connectivity index (χ1) is 14.3. The number of hydrogen-bond donors (Lipinski definition) is 6. The van der Waals surface area contributed by atoms with Crippen molar-refractivity contribution in [3.8, 4) is 0 Å². The summed E-state index contributed by atoms with van der Waals surface area (Å²) in [6.07, 6.45) is 1.45. The summed E-state index contributed by atoms with van der Waals surface area (Å²) in [5, 5.41) is 25.5. The Kier molecular flexibility index (Phi) is 12.8. The van der Waals surface area contributed by atoms with Gasteiger partial charge >= 0.3 is 11.9 Å². The lowest BCUT2D eigenvalue weighted by molar-refractivity contribution is -0.143. The molecular weight excluding hydrogens is 428 g/mol. The van der Waals surface area contributed by atoms with E-state index in [-0.39, 0.29) is 18.3 Å². The van der Waals surface area contributed by atoms with Crippen LogP contribution in [0.1, 0.15) is 40.5 Å². The summed E-state index contributed by atoms with van der Waals surface area (Å²) in [6.45, 7) is 6.68. The first-order valence-corrected chi connectivity index (χ1v) is 11.3. The van der Waals surface area contributed by atoms with Gasteiger partial charge in [-0.2, -0.15) is 11.8 Å². The Morgan fingerprint density at radius 2 is 1.35 bits per heavy atom. The molecule has 0 radical (unpaired) electrons. The van der Waals surface area contributed by atoms with Gasteiger partial charge < -0.3 is 31.9 Å². The van der Waals surface area contributed by atoms with E-state index in [0.29, 0.717) is 5.75 Å². The first-order valence-electron chi connectivity index (χ1n) is 9.91. The highest BCUT2D eigenvalue weighted by molar-refractivity contribution is 7.98. The number of aliphatic carboxylic acids is 2. The number of hydrogen-bond acceptors (Lipinski definition) is 7. The van der Waals surface area contributed by atoms with Crippen molar-refractivity contribution < 1.29 is 34.2 Å². The standard InChI is InChI=1S/C19H34N4O7S/c1-9(2)14(18(28)23-15(10(3)4)19(29)30)22-17(27)12(6-7-31-5)21-16(26)11(20)8-13(24)25/h9-12,14-15H,6-8,20H2,1-5H3,(H,21,26)(H,22,27)(H,23,28)(H,24,25)(H,29,30). The lowest BCUT2D eigenvalue weighted by atomic mass is 9.99. The molecular formula is C19H34N4O7S. The zero-order chi connectivity index (χ0) is 24.3. The molecule has 0 rings (SSSR count). The molecule has 12 heteroatoms. The van der Waals surface area contributed by atoms with Crippen LogP contribution < -0.4 is 21.7 Å². The van der Waals surface area contributed by atoms with Crippen LogP contribution >= 0.6 is 11.8 Å². The van der Waals surface area contributed by atoms with E-state index < -0.39 is 60.2 Å². The third-order valence-electron chi connectivity index (χ3n) is 4.45. The Hall–Kier alpha value is -2.34. The topological polar surface area (TPSA) is 188 Å². The molecule has 0 saturated heterocycles. The van der Waals surface area contributed by atoms with Gasteiger partial charge in [-0.05, 0) is 30.3 Å². The van der Waals surface area contributed by atoms with Gasteiger partial charge in [0.15, 0.2) is 0 Å². The second-order valence-corrected chi connectivity index (χ2v) is 8.83. The van der Waals surface area contributed by atoms with E-state index in [4.69, 9.17) is 10.8 Å². The molecule has 0 saturated carbocycles. The maximum atomic E-state index is 12.8. The minimum absolute atomic E-state index is 0.231. The number of thioether (sulfide) groups is 1. The van der Waals surface area contributed by atoms with Gasteiger partial charge in [-0.15, -0.1) is 0 Å². The molecule has 0 heterocycles. The van der Waals surface area contributed by atoms with E-state index >= 15 is 0 Å². The van der Waals surface area contributed by atoms with Gasteiger partial charge in [0.05, 0.1) is 12.5 Å². The van der Waals surface area contributed by atoms with Crippen LogP contribution in [0, 0.1) is 11.8 Å². The van der Waals surface area contributed by atoms with Crippen LogP contribution in [0.3, 0.4) is 0 Å². The number of carbonyl (C=O) groups is 5. The molecule has 0 aromatic carbocycles. The van der Waals surface area contributed by atoms with Gasteiger partial charge in [0.2, 0.25) is 17.7 Å². The number of nitrogens with one attached hydrogen (secondary N) is 3. The number of rotatable bonds is 14. The molecule has 4 atom stereocenters. The van der Waals surface area contributed by atoms with Crippen LogP contribution in [-0.2, 0) is 24.0 Å². The molecule has 0 aliphatic heterocycles. The minimum atomic E-state index is -1.33. The first kappa shape index (κ1) is 28.7. The van der Waals surface area contributed by atoms with Crippen molar-refractivity contribution in [2.45, 2.75) is 64.7 Å². The SMILES string of the molecule is CSCCC(NC(=O)C(N)CC(=O)O)C(=O)NC(C(=O)NC(C(=O)O)C(C)C)C(C)C. The molecule has 7 N–H and O–H groups in total. The summed E-state index contributed by atoms with van der Waals surface area (Å²) < 4.78 is 0. The summed E-state index contributed by atoms with van der Waals surface area (Å²) in [5.41, 5.74) is 5.55. The highest BCUT2D eigenvalue weighted by Crippen LogP contribution is 2.08. The zero-order valence-electron chi connectivity index (χ0n) is 18.5. The maximum Gasteiger partial charge on any atom is 0.326 e. The Balaban J connectivity index is 5.38. The largest absolute Gasteiger partial charge is 0.481 e. The number of carbonyl (C=O) groups excluding carboxylic acids is 3. The van der Waals surface area contributed by atoms with Crippen LogP contribution in [0.15, 0.2) is 0 Å². The Morgan fingerprint density at radius 1 is 0.839 bits per heavy atom. The lowest BCUT2D eigenvalue weighted by Gasteiger charge is -2.27. The van der Waals surface area contributed by atoms with Gasteiger partial charge in [0.25, 0.3) is 0 Å². The lowest BCUT2D eigenvalue weighted by Crippen LogP contribution is -2.59. The molecule has 0 bridgehead atoms. The summed E-state index contributed by atoms with van der Waals surface area (Å²) in [7, 11) is 0. The van der Waals surface area contributed by atoms with Gasteiger partial charge in [0.1, 0.15) is 18.1 Å². The predicted octanol–water partition coefficient (Wildman–Crippen LogP) is -0.607. The van der Waals surface area contributed by atoms with Crippen molar-refractivity contribution >= 4 is 41.4 Å². The van der Waals surface area contributed by atoms with Crippen LogP contribution in [0.5, 0.6) is 0 Å². The molecule has 0 aliphatic carbocycles. The molecule has 0 fully saturated rings. The molecule has 0 aliphatic rings. The Labute approximate surface area is 186 Å². The summed E-state index contributed by atoms with van der Waals surface area (Å²) in [6, 6.07) is -4.51. The van der Waals surface area contributed by atoms with Crippen LogP contribution in [0.4, 0.5) is 0 Å².